The van der Waals surface area contributed by atoms with E-state index < -0.39 is 0 Å². The van der Waals surface area contributed by atoms with Gasteiger partial charge in [0.05, 0.1) is 6.54 Å². The number of benzene rings is 1. The first-order chi connectivity index (χ1) is 10.1. The molecule has 0 bridgehead atoms. The summed E-state index contributed by atoms with van der Waals surface area (Å²) in [5.41, 5.74) is 6.89. The molecule has 21 heavy (non-hydrogen) atoms. The second-order valence-corrected chi connectivity index (χ2v) is 6.06. The van der Waals surface area contributed by atoms with Crippen molar-refractivity contribution in [3.8, 4) is 11.4 Å². The molecule has 0 aliphatic carbocycles. The van der Waals surface area contributed by atoms with Crippen molar-refractivity contribution in [1.29, 1.82) is 0 Å². The molecule has 112 valence electrons. The first-order valence-electron chi connectivity index (χ1n) is 7.20. The second-order valence-electron chi connectivity index (χ2n) is 5.62. The van der Waals surface area contributed by atoms with Gasteiger partial charge < -0.3 is 10.3 Å². The number of rotatable bonds is 3. The summed E-state index contributed by atoms with van der Waals surface area (Å²) in [6.45, 7) is 3.84. The number of likely N-dealkylation sites (tertiary alicyclic amines) is 1. The van der Waals surface area contributed by atoms with E-state index in [2.05, 4.69) is 22.0 Å². The summed E-state index contributed by atoms with van der Waals surface area (Å²) in [7, 11) is 0. The molecule has 2 aromatic rings. The van der Waals surface area contributed by atoms with E-state index in [9.17, 15) is 0 Å². The van der Waals surface area contributed by atoms with Crippen LogP contribution >= 0.6 is 11.6 Å². The predicted molar refractivity (Wildman–Crippen MR) is 81.8 cm³/mol. The molecule has 0 saturated carbocycles. The maximum Gasteiger partial charge on any atom is 0.241 e. The molecule has 0 spiro atoms. The molecule has 1 aliphatic heterocycles. The molecule has 1 saturated heterocycles. The smallest absolute Gasteiger partial charge is 0.241 e. The highest BCUT2D eigenvalue weighted by molar-refractivity contribution is 6.30. The third kappa shape index (κ3) is 3.43. The van der Waals surface area contributed by atoms with Crippen molar-refractivity contribution in [2.24, 2.45) is 5.73 Å². The number of nitrogens with two attached hydrogens (primary N) is 1. The van der Waals surface area contributed by atoms with Gasteiger partial charge in [-0.3, -0.25) is 4.90 Å². The molecule has 0 amide bonds. The molecule has 1 fully saturated rings. The minimum atomic E-state index is 0.309. The number of hydrogen-bond acceptors (Lipinski definition) is 5. The monoisotopic (exact) mass is 306 g/mol. The minimum absolute atomic E-state index is 0.309. The second kappa shape index (κ2) is 6.13. The third-order valence-electron chi connectivity index (χ3n) is 3.96. The summed E-state index contributed by atoms with van der Waals surface area (Å²) in [4.78, 5) is 6.80. The highest BCUT2D eigenvalue weighted by Crippen LogP contribution is 2.21. The van der Waals surface area contributed by atoms with Crippen LogP contribution in [0.15, 0.2) is 28.8 Å². The van der Waals surface area contributed by atoms with Crippen LogP contribution in [0.3, 0.4) is 0 Å². The number of nitrogens with zero attached hydrogens (tertiary/aromatic N) is 3. The lowest BCUT2D eigenvalue weighted by molar-refractivity contribution is 0.124. The van der Waals surface area contributed by atoms with Crippen molar-refractivity contribution in [1.82, 2.24) is 15.0 Å². The quantitative estimate of drug-likeness (QED) is 0.944. The van der Waals surface area contributed by atoms with E-state index in [4.69, 9.17) is 21.9 Å². The molecule has 1 aromatic carbocycles. The lowest BCUT2D eigenvalue weighted by atomic mass is 9.99. The fourth-order valence-electron chi connectivity index (χ4n) is 2.70. The number of halogens is 1. The van der Waals surface area contributed by atoms with Crippen LogP contribution in [0.5, 0.6) is 0 Å². The Bertz CT molecular complexity index is 598. The van der Waals surface area contributed by atoms with Gasteiger partial charge in [0.2, 0.25) is 11.7 Å². The summed E-state index contributed by atoms with van der Waals surface area (Å²) < 4.78 is 5.36. The Morgan fingerprint density at radius 3 is 2.86 bits per heavy atom. The van der Waals surface area contributed by atoms with Crippen molar-refractivity contribution < 1.29 is 4.52 Å². The van der Waals surface area contributed by atoms with Crippen LogP contribution in [-0.2, 0) is 6.54 Å². The third-order valence-corrected chi connectivity index (χ3v) is 4.22. The Kier molecular flexibility index (Phi) is 4.24. The molecule has 2 atom stereocenters. The van der Waals surface area contributed by atoms with Crippen molar-refractivity contribution in [2.45, 2.75) is 38.4 Å². The summed E-state index contributed by atoms with van der Waals surface area (Å²) >= 11 is 5.88. The van der Waals surface area contributed by atoms with Crippen LogP contribution < -0.4 is 5.73 Å². The van der Waals surface area contributed by atoms with E-state index in [1.165, 1.54) is 0 Å². The summed E-state index contributed by atoms with van der Waals surface area (Å²) in [6, 6.07) is 8.17. The predicted octanol–water partition coefficient (Wildman–Crippen LogP) is 2.70. The molecule has 2 heterocycles. The minimum Gasteiger partial charge on any atom is -0.338 e. The average molecular weight is 307 g/mol. The Labute approximate surface area is 129 Å². The molecule has 5 nitrogen and oxygen atoms in total. The summed E-state index contributed by atoms with van der Waals surface area (Å²) in [6.07, 6.45) is 2.03. The lowest BCUT2D eigenvalue weighted by Crippen LogP contribution is -2.45. The first kappa shape index (κ1) is 14.5. The van der Waals surface area contributed by atoms with Crippen molar-refractivity contribution in [3.05, 3.63) is 35.2 Å². The fourth-order valence-corrected chi connectivity index (χ4v) is 2.83. The fraction of sp³-hybridized carbons (Fsp3) is 0.467. The van der Waals surface area contributed by atoms with Gasteiger partial charge in [0, 0.05) is 29.2 Å². The normalized spacial score (nSPS) is 23.4. The number of hydrogen-bond donors (Lipinski definition) is 1. The zero-order chi connectivity index (χ0) is 14.8. The van der Waals surface area contributed by atoms with E-state index in [-0.39, 0.29) is 0 Å². The van der Waals surface area contributed by atoms with Crippen LogP contribution in [0.2, 0.25) is 5.02 Å². The molecule has 6 heteroatoms. The molecule has 2 unspecified atom stereocenters. The van der Waals surface area contributed by atoms with Crippen LogP contribution in [-0.4, -0.2) is 33.7 Å². The van der Waals surface area contributed by atoms with Crippen LogP contribution in [0.25, 0.3) is 11.4 Å². The topological polar surface area (TPSA) is 68.2 Å². The van der Waals surface area contributed by atoms with Crippen molar-refractivity contribution in [2.75, 3.05) is 6.54 Å². The Morgan fingerprint density at radius 1 is 1.38 bits per heavy atom. The van der Waals surface area contributed by atoms with Gasteiger partial charge in [-0.1, -0.05) is 16.8 Å². The highest BCUT2D eigenvalue weighted by Gasteiger charge is 2.24. The Morgan fingerprint density at radius 2 is 2.14 bits per heavy atom. The molecule has 2 N–H and O–H groups in total. The van der Waals surface area contributed by atoms with Gasteiger partial charge in [0.25, 0.3) is 0 Å². The molecular weight excluding hydrogens is 288 g/mol. The molecule has 1 aromatic heterocycles. The van der Waals surface area contributed by atoms with Crippen molar-refractivity contribution >= 4 is 11.6 Å². The Balaban J connectivity index is 1.69. The summed E-state index contributed by atoms with van der Waals surface area (Å²) in [5, 5.41) is 4.74. The number of piperidine rings is 1. The van der Waals surface area contributed by atoms with Gasteiger partial charge in [0.1, 0.15) is 0 Å². The van der Waals surface area contributed by atoms with Gasteiger partial charge >= 0.3 is 0 Å². The van der Waals surface area contributed by atoms with Gasteiger partial charge in [-0.15, -0.1) is 0 Å². The maximum atomic E-state index is 5.98. The largest absolute Gasteiger partial charge is 0.338 e. The van der Waals surface area contributed by atoms with E-state index >= 15 is 0 Å². The SMILES string of the molecule is CC1CC(N)CCN1Cc1nc(-c2ccc(Cl)cc2)no1. The van der Waals surface area contributed by atoms with Crippen molar-refractivity contribution in [3.63, 3.8) is 0 Å². The van der Waals surface area contributed by atoms with E-state index in [0.29, 0.717) is 35.4 Å². The van der Waals surface area contributed by atoms with E-state index in [1.807, 2.05) is 24.3 Å². The average Bonchev–Trinajstić information content (AvgIpc) is 2.91. The van der Waals surface area contributed by atoms with Crippen LogP contribution in [0.1, 0.15) is 25.7 Å². The van der Waals surface area contributed by atoms with Gasteiger partial charge in [-0.05, 0) is 44.0 Å². The number of aromatic nitrogens is 2. The van der Waals surface area contributed by atoms with E-state index in [0.717, 1.165) is 24.9 Å². The molecular formula is C15H19ClN4O. The zero-order valence-corrected chi connectivity index (χ0v) is 12.8. The molecule has 3 rings (SSSR count). The maximum absolute atomic E-state index is 5.98. The first-order valence-corrected chi connectivity index (χ1v) is 7.58. The standard InChI is InChI=1S/C15H19ClN4O/c1-10-8-13(17)6-7-20(10)9-14-18-15(19-21-14)11-2-4-12(16)5-3-11/h2-5,10,13H,6-9,17H2,1H3. The van der Waals surface area contributed by atoms with E-state index in [1.54, 1.807) is 0 Å². The summed E-state index contributed by atoms with van der Waals surface area (Å²) in [5.74, 6) is 1.24. The van der Waals surface area contributed by atoms with Gasteiger partial charge in [0.15, 0.2) is 0 Å². The molecule has 1 aliphatic rings. The van der Waals surface area contributed by atoms with Gasteiger partial charge in [-0.25, -0.2) is 0 Å². The highest BCUT2D eigenvalue weighted by atomic mass is 35.5. The van der Waals surface area contributed by atoms with Crippen LogP contribution in [0.4, 0.5) is 0 Å². The van der Waals surface area contributed by atoms with Crippen LogP contribution in [0, 0.1) is 0 Å². The Hall–Kier alpha value is -1.43. The zero-order valence-electron chi connectivity index (χ0n) is 12.0. The molecule has 0 radical (unpaired) electrons. The van der Waals surface area contributed by atoms with Gasteiger partial charge in [-0.2, -0.15) is 4.98 Å². The lowest BCUT2D eigenvalue weighted by Gasteiger charge is -2.35.